The molecule has 0 aliphatic carbocycles. The van der Waals surface area contributed by atoms with E-state index in [9.17, 15) is 19.2 Å². The molecule has 1 N–H and O–H groups in total. The first-order valence-corrected chi connectivity index (χ1v) is 10.6. The van der Waals surface area contributed by atoms with Crippen LogP contribution in [-0.4, -0.2) is 43.7 Å². The highest BCUT2D eigenvalue weighted by molar-refractivity contribution is 5.96. The van der Waals surface area contributed by atoms with E-state index < -0.39 is 17.2 Å². The number of aromatic nitrogens is 4. The largest absolute Gasteiger partial charge is 0.462 e. The summed E-state index contributed by atoms with van der Waals surface area (Å²) in [5.74, 6) is -0.999. The fraction of sp³-hybridized carbons (Fsp3) is 0.208. The van der Waals surface area contributed by atoms with Crippen LogP contribution < -0.4 is 16.6 Å². The van der Waals surface area contributed by atoms with Crippen LogP contribution >= 0.6 is 0 Å². The van der Waals surface area contributed by atoms with Gasteiger partial charge in [-0.2, -0.15) is 0 Å². The van der Waals surface area contributed by atoms with E-state index in [1.165, 1.54) is 29.6 Å². The number of fused-ring (bicyclic) bond motifs is 1. The highest BCUT2D eigenvalue weighted by atomic mass is 16.5. The van der Waals surface area contributed by atoms with Crippen LogP contribution in [0.25, 0.3) is 22.3 Å². The van der Waals surface area contributed by atoms with Crippen molar-refractivity contribution in [1.82, 2.24) is 24.0 Å². The fourth-order valence-corrected chi connectivity index (χ4v) is 3.57. The van der Waals surface area contributed by atoms with Gasteiger partial charge in [-0.1, -0.05) is 42.5 Å². The monoisotopic (exact) mass is 461 g/mol. The summed E-state index contributed by atoms with van der Waals surface area (Å²) < 4.78 is 8.97. The van der Waals surface area contributed by atoms with Gasteiger partial charge in [-0.05, 0) is 23.3 Å². The van der Waals surface area contributed by atoms with Crippen LogP contribution in [0.1, 0.15) is 10.4 Å². The molecular formula is C24H23N5O5. The van der Waals surface area contributed by atoms with Crippen molar-refractivity contribution in [3.05, 3.63) is 87.3 Å². The second-order valence-corrected chi connectivity index (χ2v) is 7.66. The zero-order valence-corrected chi connectivity index (χ0v) is 18.7. The summed E-state index contributed by atoms with van der Waals surface area (Å²) in [4.78, 5) is 52.9. The second kappa shape index (κ2) is 9.57. The molecule has 4 rings (SSSR count). The number of carbonyl (C=O) groups is 2. The van der Waals surface area contributed by atoms with E-state index >= 15 is 0 Å². The third kappa shape index (κ3) is 4.51. The molecule has 0 aliphatic heterocycles. The SMILES string of the molecule is Cn1c(=O)c2c(ncn2CCOC(=O)CNC(=O)c2ccc(-c3ccccc3)cc2)n(C)c1=O. The van der Waals surface area contributed by atoms with Crippen LogP contribution in [0.4, 0.5) is 0 Å². The summed E-state index contributed by atoms with van der Waals surface area (Å²) in [6.07, 6.45) is 1.42. The summed E-state index contributed by atoms with van der Waals surface area (Å²) in [6.45, 7) is -0.150. The van der Waals surface area contributed by atoms with Gasteiger partial charge in [0.15, 0.2) is 11.2 Å². The zero-order valence-electron chi connectivity index (χ0n) is 18.7. The van der Waals surface area contributed by atoms with Crippen molar-refractivity contribution in [2.24, 2.45) is 14.1 Å². The molecule has 0 radical (unpaired) electrons. The summed E-state index contributed by atoms with van der Waals surface area (Å²) in [5, 5.41) is 2.54. The minimum Gasteiger partial charge on any atom is -0.462 e. The fourth-order valence-electron chi connectivity index (χ4n) is 3.57. The average Bonchev–Trinajstić information content (AvgIpc) is 3.29. The number of ether oxygens (including phenoxy) is 1. The van der Waals surface area contributed by atoms with Gasteiger partial charge in [-0.15, -0.1) is 0 Å². The topological polar surface area (TPSA) is 117 Å². The second-order valence-electron chi connectivity index (χ2n) is 7.66. The molecule has 0 bridgehead atoms. The van der Waals surface area contributed by atoms with E-state index in [4.69, 9.17) is 4.74 Å². The third-order valence-electron chi connectivity index (χ3n) is 5.46. The lowest BCUT2D eigenvalue weighted by molar-refractivity contribution is -0.142. The van der Waals surface area contributed by atoms with Crippen molar-refractivity contribution in [2.75, 3.05) is 13.2 Å². The highest BCUT2D eigenvalue weighted by Crippen LogP contribution is 2.19. The number of nitrogens with one attached hydrogen (secondary N) is 1. The van der Waals surface area contributed by atoms with Crippen molar-refractivity contribution in [1.29, 1.82) is 0 Å². The zero-order chi connectivity index (χ0) is 24.2. The predicted octanol–water partition coefficient (Wildman–Crippen LogP) is 1.07. The number of amides is 1. The molecule has 34 heavy (non-hydrogen) atoms. The van der Waals surface area contributed by atoms with Crippen molar-refractivity contribution >= 4 is 23.0 Å². The lowest BCUT2D eigenvalue weighted by Crippen LogP contribution is -2.37. The molecule has 0 unspecified atom stereocenters. The normalized spacial score (nSPS) is 10.9. The van der Waals surface area contributed by atoms with E-state index in [0.717, 1.165) is 15.7 Å². The molecule has 1 amide bonds. The van der Waals surface area contributed by atoms with Crippen LogP contribution in [0.2, 0.25) is 0 Å². The molecule has 10 heteroatoms. The Morgan fingerprint density at radius 2 is 1.62 bits per heavy atom. The van der Waals surface area contributed by atoms with Crippen molar-refractivity contribution in [3.63, 3.8) is 0 Å². The Bertz CT molecular complexity index is 1470. The van der Waals surface area contributed by atoms with Gasteiger partial charge < -0.3 is 14.6 Å². The number of benzene rings is 2. The number of hydrogen-bond acceptors (Lipinski definition) is 6. The van der Waals surface area contributed by atoms with Crippen LogP contribution in [0.3, 0.4) is 0 Å². The summed E-state index contributed by atoms with van der Waals surface area (Å²) in [6, 6.07) is 16.9. The molecular weight excluding hydrogens is 438 g/mol. The van der Waals surface area contributed by atoms with E-state index in [1.54, 1.807) is 12.1 Å². The van der Waals surface area contributed by atoms with Crippen LogP contribution in [-0.2, 0) is 30.2 Å². The molecule has 0 atom stereocenters. The lowest BCUT2D eigenvalue weighted by atomic mass is 10.0. The van der Waals surface area contributed by atoms with Crippen molar-refractivity contribution in [3.8, 4) is 11.1 Å². The molecule has 2 heterocycles. The molecule has 0 spiro atoms. The molecule has 2 aromatic carbocycles. The standard InChI is InChI=1S/C24H23N5O5/c1-27-21-20(23(32)28(2)24(27)33)29(15-26-21)12-13-34-19(30)14-25-22(31)18-10-8-17(9-11-18)16-6-4-3-5-7-16/h3-11,15H,12-14H2,1-2H3,(H,25,31). The van der Waals surface area contributed by atoms with Gasteiger partial charge in [-0.3, -0.25) is 23.5 Å². The van der Waals surface area contributed by atoms with Crippen LogP contribution in [0, 0.1) is 0 Å². The van der Waals surface area contributed by atoms with Gasteiger partial charge in [-0.25, -0.2) is 9.78 Å². The number of aryl methyl sites for hydroxylation is 1. The summed E-state index contributed by atoms with van der Waals surface area (Å²) in [5.41, 5.74) is 2.01. The smallest absolute Gasteiger partial charge is 0.332 e. The van der Waals surface area contributed by atoms with Gasteiger partial charge in [0.05, 0.1) is 12.9 Å². The summed E-state index contributed by atoms with van der Waals surface area (Å²) >= 11 is 0. The molecule has 0 saturated heterocycles. The number of esters is 1. The molecule has 10 nitrogen and oxygen atoms in total. The predicted molar refractivity (Wildman–Crippen MR) is 125 cm³/mol. The Kier molecular flexibility index (Phi) is 6.39. The first kappa shape index (κ1) is 22.7. The highest BCUT2D eigenvalue weighted by Gasteiger charge is 2.15. The molecule has 4 aromatic rings. The molecule has 0 fully saturated rings. The minimum atomic E-state index is -0.612. The first-order chi connectivity index (χ1) is 16.4. The number of imidazole rings is 1. The van der Waals surface area contributed by atoms with Gasteiger partial charge in [0.25, 0.3) is 11.5 Å². The number of carbonyl (C=O) groups excluding carboxylic acids is 2. The van der Waals surface area contributed by atoms with Crippen molar-refractivity contribution in [2.45, 2.75) is 6.54 Å². The van der Waals surface area contributed by atoms with Gasteiger partial charge in [0, 0.05) is 19.7 Å². The van der Waals surface area contributed by atoms with Crippen LogP contribution in [0.15, 0.2) is 70.5 Å². The van der Waals surface area contributed by atoms with E-state index in [1.807, 2.05) is 42.5 Å². The first-order valence-electron chi connectivity index (χ1n) is 10.6. The number of nitrogens with zero attached hydrogens (tertiary/aromatic N) is 4. The lowest BCUT2D eigenvalue weighted by Gasteiger charge is -2.09. The Morgan fingerprint density at radius 1 is 0.941 bits per heavy atom. The quantitative estimate of drug-likeness (QED) is 0.412. The Labute approximate surface area is 194 Å². The summed E-state index contributed by atoms with van der Waals surface area (Å²) in [7, 11) is 2.92. The molecule has 0 saturated carbocycles. The Morgan fingerprint density at radius 3 is 2.32 bits per heavy atom. The molecule has 0 aliphatic rings. The third-order valence-corrected chi connectivity index (χ3v) is 5.46. The van der Waals surface area contributed by atoms with E-state index in [2.05, 4.69) is 10.3 Å². The maximum absolute atomic E-state index is 12.4. The van der Waals surface area contributed by atoms with Crippen LogP contribution in [0.5, 0.6) is 0 Å². The Balaban J connectivity index is 1.30. The minimum absolute atomic E-state index is 0.0298. The maximum Gasteiger partial charge on any atom is 0.332 e. The maximum atomic E-state index is 12.4. The molecule has 174 valence electrons. The van der Waals surface area contributed by atoms with Gasteiger partial charge >= 0.3 is 11.7 Å². The number of hydrogen-bond donors (Lipinski definition) is 1. The van der Waals surface area contributed by atoms with Gasteiger partial charge in [0.2, 0.25) is 0 Å². The van der Waals surface area contributed by atoms with E-state index in [0.29, 0.717) is 5.56 Å². The van der Waals surface area contributed by atoms with Gasteiger partial charge in [0.1, 0.15) is 13.2 Å². The molecule has 2 aromatic heterocycles. The Hall–Kier alpha value is -4.47. The van der Waals surface area contributed by atoms with E-state index in [-0.39, 0.29) is 36.8 Å². The average molecular weight is 461 g/mol. The van der Waals surface area contributed by atoms with Crippen molar-refractivity contribution < 1.29 is 14.3 Å². The number of rotatable bonds is 7.